The maximum absolute atomic E-state index is 6.12. The van der Waals surface area contributed by atoms with E-state index in [0.717, 1.165) is 11.4 Å². The van der Waals surface area contributed by atoms with Crippen LogP contribution in [0.4, 0.5) is 0 Å². The van der Waals surface area contributed by atoms with Crippen molar-refractivity contribution >= 4 is 11.6 Å². The highest BCUT2D eigenvalue weighted by atomic mass is 35.5. The second-order valence-electron chi connectivity index (χ2n) is 3.97. The molecule has 1 rings (SSSR count). The molecule has 1 atom stereocenters. The molecule has 0 amide bonds. The zero-order valence-electron chi connectivity index (χ0n) is 9.05. The number of nitrogens with two attached hydrogens (primary N) is 1. The third-order valence-corrected chi connectivity index (χ3v) is 2.80. The maximum atomic E-state index is 6.12. The third-order valence-electron chi connectivity index (χ3n) is 2.56. The van der Waals surface area contributed by atoms with E-state index >= 15 is 0 Å². The Morgan fingerprint density at radius 2 is 2.00 bits per heavy atom. The fourth-order valence-electron chi connectivity index (χ4n) is 1.56. The molecule has 0 heterocycles. The minimum Gasteiger partial charge on any atom is -0.324 e. The van der Waals surface area contributed by atoms with Crippen molar-refractivity contribution in [1.82, 2.24) is 0 Å². The minimum atomic E-state index is 0.113. The summed E-state index contributed by atoms with van der Waals surface area (Å²) in [6.07, 6.45) is 0.982. The predicted octanol–water partition coefficient (Wildman–Crippen LogP) is 3.56. The molecular formula is C12H18ClN. The molecule has 1 nitrogen and oxygen atoms in total. The molecule has 0 aliphatic carbocycles. The molecule has 0 spiro atoms. The number of aryl methyl sites for hydroxylation is 1. The Kier molecular flexibility index (Phi) is 3.97. The molecule has 0 unspecified atom stereocenters. The average Bonchev–Trinajstić information content (AvgIpc) is 2.16. The average molecular weight is 212 g/mol. The highest BCUT2D eigenvalue weighted by Gasteiger charge is 2.13. The first-order valence-electron chi connectivity index (χ1n) is 5.10. The Morgan fingerprint density at radius 1 is 1.36 bits per heavy atom. The maximum Gasteiger partial charge on any atom is 0.0408 e. The molecule has 0 fully saturated rings. The van der Waals surface area contributed by atoms with Crippen LogP contribution in [-0.2, 0) is 6.42 Å². The van der Waals surface area contributed by atoms with E-state index in [1.165, 1.54) is 11.1 Å². The Balaban J connectivity index is 3.07. The summed E-state index contributed by atoms with van der Waals surface area (Å²) >= 11 is 5.94. The van der Waals surface area contributed by atoms with E-state index < -0.39 is 0 Å². The smallest absolute Gasteiger partial charge is 0.0408 e. The van der Waals surface area contributed by atoms with E-state index in [-0.39, 0.29) is 6.04 Å². The van der Waals surface area contributed by atoms with Gasteiger partial charge >= 0.3 is 0 Å². The van der Waals surface area contributed by atoms with Crippen LogP contribution in [0.5, 0.6) is 0 Å². The number of halogens is 1. The standard InChI is InChI=1S/C12H18ClN/c1-4-9-7-10(13)5-6-11(9)12(14)8(2)3/h5-8,12H,4,14H2,1-3H3/t12-/m1/s1. The van der Waals surface area contributed by atoms with E-state index in [1.807, 2.05) is 18.2 Å². The lowest BCUT2D eigenvalue weighted by Gasteiger charge is -2.19. The second kappa shape index (κ2) is 4.81. The number of benzene rings is 1. The molecule has 0 aromatic heterocycles. The summed E-state index contributed by atoms with van der Waals surface area (Å²) in [5.41, 5.74) is 8.61. The Hall–Kier alpha value is -0.530. The van der Waals surface area contributed by atoms with Crippen LogP contribution in [0.3, 0.4) is 0 Å². The van der Waals surface area contributed by atoms with Crippen molar-refractivity contribution in [3.05, 3.63) is 34.3 Å². The van der Waals surface area contributed by atoms with Gasteiger partial charge in [-0.3, -0.25) is 0 Å². The summed E-state index contributed by atoms with van der Waals surface area (Å²) in [6.45, 7) is 6.40. The van der Waals surface area contributed by atoms with Crippen LogP contribution in [0.2, 0.25) is 5.02 Å². The number of hydrogen-bond acceptors (Lipinski definition) is 1. The lowest BCUT2D eigenvalue weighted by Crippen LogP contribution is -2.18. The molecule has 0 saturated carbocycles. The summed E-state index contributed by atoms with van der Waals surface area (Å²) in [6, 6.07) is 6.09. The monoisotopic (exact) mass is 211 g/mol. The molecule has 0 bridgehead atoms. The first-order valence-corrected chi connectivity index (χ1v) is 5.48. The van der Waals surface area contributed by atoms with Gasteiger partial charge in [0, 0.05) is 11.1 Å². The normalized spacial score (nSPS) is 13.3. The third kappa shape index (κ3) is 2.49. The summed E-state index contributed by atoms with van der Waals surface area (Å²) in [4.78, 5) is 0. The van der Waals surface area contributed by atoms with Crippen LogP contribution in [0, 0.1) is 5.92 Å². The number of hydrogen-bond donors (Lipinski definition) is 1. The van der Waals surface area contributed by atoms with E-state index in [9.17, 15) is 0 Å². The first-order chi connectivity index (χ1) is 6.56. The van der Waals surface area contributed by atoms with Gasteiger partial charge in [0.25, 0.3) is 0 Å². The quantitative estimate of drug-likeness (QED) is 0.813. The molecular weight excluding hydrogens is 194 g/mol. The van der Waals surface area contributed by atoms with E-state index in [1.54, 1.807) is 0 Å². The largest absolute Gasteiger partial charge is 0.324 e. The molecule has 78 valence electrons. The fraction of sp³-hybridized carbons (Fsp3) is 0.500. The van der Waals surface area contributed by atoms with E-state index in [4.69, 9.17) is 17.3 Å². The summed E-state index contributed by atoms with van der Waals surface area (Å²) in [7, 11) is 0. The fourth-order valence-corrected chi connectivity index (χ4v) is 1.76. The van der Waals surface area contributed by atoms with Crippen LogP contribution in [0.15, 0.2) is 18.2 Å². The SMILES string of the molecule is CCc1cc(Cl)ccc1[C@H](N)C(C)C. The van der Waals surface area contributed by atoms with Crippen molar-refractivity contribution in [1.29, 1.82) is 0 Å². The number of rotatable bonds is 3. The molecule has 0 radical (unpaired) electrons. The van der Waals surface area contributed by atoms with Crippen molar-refractivity contribution in [3.63, 3.8) is 0 Å². The van der Waals surface area contributed by atoms with Crippen molar-refractivity contribution in [3.8, 4) is 0 Å². The summed E-state index contributed by atoms with van der Waals surface area (Å²) in [5.74, 6) is 0.460. The van der Waals surface area contributed by atoms with Gasteiger partial charge in [0.2, 0.25) is 0 Å². The topological polar surface area (TPSA) is 26.0 Å². The Bertz CT molecular complexity index is 307. The van der Waals surface area contributed by atoms with Crippen molar-refractivity contribution in [2.45, 2.75) is 33.2 Å². The zero-order chi connectivity index (χ0) is 10.7. The van der Waals surface area contributed by atoms with Gasteiger partial charge in [0.15, 0.2) is 0 Å². The summed E-state index contributed by atoms with van der Waals surface area (Å²) in [5, 5.41) is 0.793. The molecule has 1 aromatic carbocycles. The first kappa shape index (κ1) is 11.5. The van der Waals surface area contributed by atoms with Crippen LogP contribution < -0.4 is 5.73 Å². The Labute approximate surface area is 91.3 Å². The van der Waals surface area contributed by atoms with Crippen LogP contribution in [-0.4, -0.2) is 0 Å². The van der Waals surface area contributed by atoms with Crippen molar-refractivity contribution in [2.24, 2.45) is 11.7 Å². The molecule has 0 aliphatic heterocycles. The van der Waals surface area contributed by atoms with Crippen LogP contribution in [0.1, 0.15) is 37.9 Å². The van der Waals surface area contributed by atoms with Gasteiger partial charge < -0.3 is 5.73 Å². The highest BCUT2D eigenvalue weighted by Crippen LogP contribution is 2.25. The second-order valence-corrected chi connectivity index (χ2v) is 4.40. The van der Waals surface area contributed by atoms with E-state index in [0.29, 0.717) is 5.92 Å². The molecule has 2 heteroatoms. The van der Waals surface area contributed by atoms with Gasteiger partial charge in [0.05, 0.1) is 0 Å². The van der Waals surface area contributed by atoms with Gasteiger partial charge in [0.1, 0.15) is 0 Å². The van der Waals surface area contributed by atoms with Crippen LogP contribution >= 0.6 is 11.6 Å². The van der Waals surface area contributed by atoms with Gasteiger partial charge in [-0.2, -0.15) is 0 Å². The van der Waals surface area contributed by atoms with E-state index in [2.05, 4.69) is 20.8 Å². The van der Waals surface area contributed by atoms with Crippen molar-refractivity contribution < 1.29 is 0 Å². The lowest BCUT2D eigenvalue weighted by atomic mass is 9.92. The highest BCUT2D eigenvalue weighted by molar-refractivity contribution is 6.30. The molecule has 0 saturated heterocycles. The van der Waals surface area contributed by atoms with Gasteiger partial charge in [-0.05, 0) is 35.6 Å². The molecule has 2 N–H and O–H groups in total. The molecule has 1 aromatic rings. The van der Waals surface area contributed by atoms with Gasteiger partial charge in [-0.1, -0.05) is 38.4 Å². The molecule has 0 aliphatic rings. The Morgan fingerprint density at radius 3 is 2.50 bits per heavy atom. The summed E-state index contributed by atoms with van der Waals surface area (Å²) < 4.78 is 0. The van der Waals surface area contributed by atoms with Crippen LogP contribution in [0.25, 0.3) is 0 Å². The zero-order valence-corrected chi connectivity index (χ0v) is 9.81. The minimum absolute atomic E-state index is 0.113. The van der Waals surface area contributed by atoms with Crippen molar-refractivity contribution in [2.75, 3.05) is 0 Å². The lowest BCUT2D eigenvalue weighted by molar-refractivity contribution is 0.511. The molecule has 14 heavy (non-hydrogen) atoms. The predicted molar refractivity (Wildman–Crippen MR) is 62.6 cm³/mol. The van der Waals surface area contributed by atoms with Gasteiger partial charge in [-0.15, -0.1) is 0 Å². The van der Waals surface area contributed by atoms with Gasteiger partial charge in [-0.25, -0.2) is 0 Å².